The number of β-lactam (4-membered cyclic amide) rings is 1. The molecule has 6 rings (SSSR count). The number of nitrogens with zero attached hydrogens (tertiary/aromatic N) is 5. The Kier molecular flexibility index (Phi) is 11.3. The molecule has 2 saturated heterocycles. The third-order valence-electron chi connectivity index (χ3n) is 9.13. The van der Waals surface area contributed by atoms with E-state index in [2.05, 4.69) is 16.0 Å². The number of carbonyl (C=O) groups excluding carboxylic acids is 7. The lowest BCUT2D eigenvalue weighted by Crippen LogP contribution is -2.85. The molecule has 5 heterocycles. The highest BCUT2D eigenvalue weighted by Crippen LogP contribution is 2.46. The molecule has 2 aromatic heterocycles. The summed E-state index contributed by atoms with van der Waals surface area (Å²) in [5.74, 6) is -5.11. The van der Waals surface area contributed by atoms with Crippen LogP contribution in [0.2, 0.25) is 0 Å². The molecule has 4 N–H and O–H groups in total. The van der Waals surface area contributed by atoms with Crippen LogP contribution >= 0.6 is 23.5 Å². The number of imide groups is 1. The van der Waals surface area contributed by atoms with Gasteiger partial charge in [0.15, 0.2) is 5.76 Å². The number of hydrogen-bond acceptors (Lipinski definition) is 11. The number of carboxylic acid groups (broad SMARTS) is 1. The second kappa shape index (κ2) is 16.1. The smallest absolute Gasteiger partial charge is 0.352 e. The number of pyridine rings is 1. The minimum absolute atomic E-state index is 0.102. The number of aliphatic carboxylic acids is 1. The number of carboxylic acids is 1. The Labute approximate surface area is 321 Å². The standard InChI is InChI=1S/C35H34N8O10S2/c1-3-40-15-16-42(30(48)29(40)47)34(52)37-25(21-8-5-4-6-9-21)27(45)38-35(36-20-44)32(51)43-26(31(49)50)22(19-55-33(35)43)18-54-23-11-13-41(14-12-23)39(2)28(46)24-10-7-17-53-24/h4-14,17,20,25,33H,3,15-16,18-19H2,1-2H3,(H3-,36,37,38,44,45,49,50,52)/p+1/t25-,33-,35-/m1/s1. The second-order valence-corrected chi connectivity index (χ2v) is 14.4. The number of nitrogens with one attached hydrogen (secondary N) is 3. The molecule has 8 amide bonds. The molecular formula is C35H35N8O10S2+. The average Bonchev–Trinajstić information content (AvgIpc) is 3.74. The minimum Gasteiger partial charge on any atom is -0.477 e. The van der Waals surface area contributed by atoms with E-state index >= 15 is 0 Å². The summed E-state index contributed by atoms with van der Waals surface area (Å²) in [6, 6.07) is 12.0. The molecule has 3 aliphatic heterocycles. The van der Waals surface area contributed by atoms with E-state index in [4.69, 9.17) is 4.42 Å². The van der Waals surface area contributed by atoms with Crippen molar-refractivity contribution in [2.24, 2.45) is 0 Å². The van der Waals surface area contributed by atoms with Crippen LogP contribution < -0.4 is 25.6 Å². The van der Waals surface area contributed by atoms with E-state index in [-0.39, 0.29) is 60.5 Å². The molecule has 3 aliphatic rings. The molecule has 0 radical (unpaired) electrons. The fourth-order valence-electron chi connectivity index (χ4n) is 6.23. The maximum Gasteiger partial charge on any atom is 0.352 e. The molecule has 1 aromatic carbocycles. The van der Waals surface area contributed by atoms with E-state index in [0.717, 1.165) is 21.6 Å². The zero-order valence-electron chi connectivity index (χ0n) is 29.4. The van der Waals surface area contributed by atoms with Crippen LogP contribution in [0, 0.1) is 0 Å². The van der Waals surface area contributed by atoms with Gasteiger partial charge in [-0.2, -0.15) is 0 Å². The number of amides is 8. The van der Waals surface area contributed by atoms with Gasteiger partial charge in [-0.1, -0.05) is 35.0 Å². The van der Waals surface area contributed by atoms with Crippen LogP contribution in [0.5, 0.6) is 0 Å². The van der Waals surface area contributed by atoms with E-state index in [1.54, 1.807) is 73.5 Å². The van der Waals surface area contributed by atoms with Crippen molar-refractivity contribution in [3.8, 4) is 0 Å². The van der Waals surface area contributed by atoms with Crippen molar-refractivity contribution in [1.82, 2.24) is 30.7 Å². The van der Waals surface area contributed by atoms with Crippen LogP contribution in [0.3, 0.4) is 0 Å². The second-order valence-electron chi connectivity index (χ2n) is 12.3. The Bertz CT molecular complexity index is 2060. The summed E-state index contributed by atoms with van der Waals surface area (Å²) in [7, 11) is 1.57. The normalized spacial score (nSPS) is 19.9. The SMILES string of the molecule is CCN1CCN(C(=O)N[C@@H](C(=O)N[C@]2(NC=O)C(=O)N3C(C(=O)O)=C(CSc4cc[n+](N(C)C(=O)c5ccco5)cc4)CS[C@@H]32)c2ccccc2)C(=O)C1=O. The summed E-state index contributed by atoms with van der Waals surface area (Å²) in [5.41, 5.74) is -1.72. The lowest BCUT2D eigenvalue weighted by Gasteiger charge is -2.56. The number of piperazine rings is 1. The molecule has 18 nitrogen and oxygen atoms in total. The predicted molar refractivity (Wildman–Crippen MR) is 194 cm³/mol. The molecule has 3 atom stereocenters. The molecule has 286 valence electrons. The van der Waals surface area contributed by atoms with E-state index < -0.39 is 52.7 Å². The quantitative estimate of drug-likeness (QED) is 0.0450. The van der Waals surface area contributed by atoms with Crippen molar-refractivity contribution >= 4 is 71.5 Å². The van der Waals surface area contributed by atoms with Crippen LogP contribution in [0.4, 0.5) is 4.79 Å². The van der Waals surface area contributed by atoms with E-state index in [9.17, 15) is 43.5 Å². The summed E-state index contributed by atoms with van der Waals surface area (Å²) in [6.07, 6.45) is 4.91. The summed E-state index contributed by atoms with van der Waals surface area (Å²) in [4.78, 5) is 107. The van der Waals surface area contributed by atoms with Crippen LogP contribution in [-0.4, -0.2) is 117 Å². The van der Waals surface area contributed by atoms with Crippen molar-refractivity contribution in [3.63, 3.8) is 0 Å². The summed E-state index contributed by atoms with van der Waals surface area (Å²) < 4.78 is 6.72. The van der Waals surface area contributed by atoms with Crippen molar-refractivity contribution in [2.45, 2.75) is 28.9 Å². The van der Waals surface area contributed by atoms with Gasteiger partial charge in [0.2, 0.25) is 30.4 Å². The Morgan fingerprint density at radius 2 is 1.80 bits per heavy atom. The summed E-state index contributed by atoms with van der Waals surface area (Å²) in [6.45, 7) is 1.95. The largest absolute Gasteiger partial charge is 0.477 e. The highest BCUT2D eigenvalue weighted by Gasteiger charge is 2.66. The number of thioether (sulfide) groups is 2. The highest BCUT2D eigenvalue weighted by molar-refractivity contribution is 8.01. The zero-order chi connectivity index (χ0) is 39.4. The molecule has 55 heavy (non-hydrogen) atoms. The highest BCUT2D eigenvalue weighted by atomic mass is 32.2. The van der Waals surface area contributed by atoms with Gasteiger partial charge < -0.3 is 30.4 Å². The maximum atomic E-state index is 14.0. The lowest BCUT2D eigenvalue weighted by molar-refractivity contribution is -0.679. The van der Waals surface area contributed by atoms with Gasteiger partial charge in [0, 0.05) is 48.2 Å². The Balaban J connectivity index is 1.18. The predicted octanol–water partition coefficient (Wildman–Crippen LogP) is 0.0213. The first-order valence-corrected chi connectivity index (χ1v) is 18.8. The van der Waals surface area contributed by atoms with Crippen LogP contribution in [-0.2, 0) is 28.8 Å². The van der Waals surface area contributed by atoms with Crippen molar-refractivity contribution < 1.29 is 52.6 Å². The van der Waals surface area contributed by atoms with Gasteiger partial charge in [-0.25, -0.2) is 9.59 Å². The third-order valence-corrected chi connectivity index (χ3v) is 11.6. The summed E-state index contributed by atoms with van der Waals surface area (Å²) in [5, 5.41) is 17.9. The van der Waals surface area contributed by atoms with Gasteiger partial charge in [0.25, 0.3) is 5.91 Å². The first kappa shape index (κ1) is 38.6. The number of carbonyl (C=O) groups is 8. The van der Waals surface area contributed by atoms with Crippen LogP contribution in [0.25, 0.3) is 0 Å². The van der Waals surface area contributed by atoms with E-state index in [0.29, 0.717) is 10.5 Å². The number of furan rings is 1. The van der Waals surface area contributed by atoms with Crippen molar-refractivity contribution in [1.29, 1.82) is 0 Å². The van der Waals surface area contributed by atoms with Gasteiger partial charge in [0.05, 0.1) is 13.3 Å². The fourth-order valence-corrected chi connectivity index (χ4v) is 8.68. The molecule has 2 fully saturated rings. The number of urea groups is 1. The summed E-state index contributed by atoms with van der Waals surface area (Å²) >= 11 is 2.42. The Hall–Kier alpha value is -6.15. The first-order chi connectivity index (χ1) is 26.4. The minimum atomic E-state index is -2.09. The molecule has 0 spiro atoms. The van der Waals surface area contributed by atoms with Crippen LogP contribution in [0.15, 0.2) is 93.8 Å². The molecule has 0 saturated carbocycles. The molecule has 0 unspecified atom stereocenters. The van der Waals surface area contributed by atoms with Crippen LogP contribution in [0.1, 0.15) is 29.1 Å². The maximum absolute atomic E-state index is 14.0. The Morgan fingerprint density at radius 1 is 1.07 bits per heavy atom. The third kappa shape index (κ3) is 7.37. The number of rotatable bonds is 13. The number of fused-ring (bicyclic) bond motifs is 1. The van der Waals surface area contributed by atoms with Gasteiger partial charge in [0.1, 0.15) is 17.1 Å². The Morgan fingerprint density at radius 3 is 2.44 bits per heavy atom. The van der Waals surface area contributed by atoms with Gasteiger partial charge in [-0.3, -0.25) is 38.6 Å². The topological polar surface area (TPSA) is 223 Å². The number of benzene rings is 1. The van der Waals surface area contributed by atoms with Crippen molar-refractivity contribution in [2.75, 3.05) is 43.2 Å². The number of hydrogen-bond donors (Lipinski definition) is 4. The van der Waals surface area contributed by atoms with Gasteiger partial charge >= 0.3 is 29.7 Å². The molecule has 20 heteroatoms. The zero-order valence-corrected chi connectivity index (χ0v) is 31.0. The van der Waals surface area contributed by atoms with E-state index in [1.165, 1.54) is 40.1 Å². The monoisotopic (exact) mass is 791 g/mol. The van der Waals surface area contributed by atoms with Crippen molar-refractivity contribution in [3.05, 3.63) is 95.8 Å². The average molecular weight is 792 g/mol. The lowest BCUT2D eigenvalue weighted by atomic mass is 9.94. The molecule has 0 bridgehead atoms. The van der Waals surface area contributed by atoms with Gasteiger partial charge in [-0.15, -0.1) is 28.5 Å². The van der Waals surface area contributed by atoms with E-state index in [1.807, 2.05) is 0 Å². The molecular weight excluding hydrogens is 757 g/mol. The molecule has 3 aromatic rings. The first-order valence-electron chi connectivity index (χ1n) is 16.8. The molecule has 0 aliphatic carbocycles. The number of likely N-dealkylation sites (N-methyl/N-ethyl adjacent to an activating group) is 1. The van der Waals surface area contributed by atoms with Gasteiger partial charge in [-0.05, 0) is 30.2 Å². The fraction of sp³-hybridized carbons (Fsp3) is 0.286. The number of aromatic nitrogens is 1.